The number of nitrogens with one attached hydrogen (secondary N) is 2. The van der Waals surface area contributed by atoms with Crippen molar-refractivity contribution >= 4 is 23.5 Å². The Morgan fingerprint density at radius 3 is 2.35 bits per heavy atom. The Morgan fingerprint density at radius 2 is 1.74 bits per heavy atom. The summed E-state index contributed by atoms with van der Waals surface area (Å²) in [4.78, 5) is 34.0. The number of hydrogen-bond donors (Lipinski definition) is 3. The Balaban J connectivity index is 1.78. The molecule has 0 atom stereocenters. The summed E-state index contributed by atoms with van der Waals surface area (Å²) in [5.74, 6) is -0.878. The molecule has 1 saturated carbocycles. The van der Waals surface area contributed by atoms with Crippen LogP contribution in [0.5, 0.6) is 0 Å². The van der Waals surface area contributed by atoms with E-state index in [2.05, 4.69) is 10.6 Å². The van der Waals surface area contributed by atoms with Crippen molar-refractivity contribution in [2.45, 2.75) is 38.5 Å². The van der Waals surface area contributed by atoms with Crippen LogP contribution < -0.4 is 10.6 Å². The molecule has 2 rings (SSSR count). The Morgan fingerprint density at radius 1 is 1.09 bits per heavy atom. The molecule has 3 N–H and O–H groups in total. The van der Waals surface area contributed by atoms with Crippen LogP contribution in [0.4, 0.5) is 5.69 Å². The van der Waals surface area contributed by atoms with E-state index >= 15 is 0 Å². The fourth-order valence-electron chi connectivity index (χ4n) is 2.82. The number of carboxylic acid groups (broad SMARTS) is 1. The molecule has 0 aromatic heterocycles. The van der Waals surface area contributed by atoms with Gasteiger partial charge in [-0.2, -0.15) is 0 Å². The van der Waals surface area contributed by atoms with Crippen molar-refractivity contribution < 1.29 is 19.5 Å². The lowest BCUT2D eigenvalue weighted by Gasteiger charge is -2.09. The van der Waals surface area contributed by atoms with Gasteiger partial charge in [0, 0.05) is 17.7 Å². The predicted octanol–water partition coefficient (Wildman–Crippen LogP) is 2.41. The van der Waals surface area contributed by atoms with Gasteiger partial charge in [0.05, 0.1) is 0 Å². The monoisotopic (exact) mass is 318 g/mol. The van der Waals surface area contributed by atoms with Gasteiger partial charge in [-0.1, -0.05) is 25.7 Å². The molecule has 23 heavy (non-hydrogen) atoms. The van der Waals surface area contributed by atoms with Crippen molar-refractivity contribution in [2.75, 3.05) is 11.9 Å². The summed E-state index contributed by atoms with van der Waals surface area (Å²) < 4.78 is 0. The highest BCUT2D eigenvalue weighted by molar-refractivity contribution is 5.97. The van der Waals surface area contributed by atoms with Gasteiger partial charge >= 0.3 is 5.97 Å². The van der Waals surface area contributed by atoms with E-state index in [1.54, 1.807) is 24.3 Å². The van der Waals surface area contributed by atoms with Crippen molar-refractivity contribution in [3.63, 3.8) is 0 Å². The van der Waals surface area contributed by atoms with Gasteiger partial charge in [0.1, 0.15) is 6.54 Å². The first-order valence-electron chi connectivity index (χ1n) is 7.94. The minimum absolute atomic E-state index is 0.0139. The van der Waals surface area contributed by atoms with Gasteiger partial charge in [0.25, 0.3) is 5.91 Å². The number of carbonyl (C=O) groups excluding carboxylic acids is 2. The van der Waals surface area contributed by atoms with Gasteiger partial charge in [-0.15, -0.1) is 0 Å². The first-order chi connectivity index (χ1) is 11.0. The maximum atomic E-state index is 11.9. The summed E-state index contributed by atoms with van der Waals surface area (Å²) in [5, 5.41) is 13.6. The zero-order valence-corrected chi connectivity index (χ0v) is 13.0. The minimum Gasteiger partial charge on any atom is -0.480 e. The maximum Gasteiger partial charge on any atom is 0.322 e. The number of carboxylic acids is 1. The lowest BCUT2D eigenvalue weighted by atomic mass is 10.0. The van der Waals surface area contributed by atoms with Crippen LogP contribution in [0.15, 0.2) is 24.3 Å². The molecule has 1 fully saturated rings. The molecule has 0 aliphatic heterocycles. The lowest BCUT2D eigenvalue weighted by molar-refractivity contribution is -0.135. The third kappa shape index (κ3) is 5.73. The molecule has 1 aliphatic rings. The summed E-state index contributed by atoms with van der Waals surface area (Å²) >= 11 is 0. The topological polar surface area (TPSA) is 95.5 Å². The molecule has 0 spiro atoms. The number of benzene rings is 1. The number of anilines is 1. The highest BCUT2D eigenvalue weighted by Gasteiger charge is 2.16. The number of hydrogen-bond acceptors (Lipinski definition) is 3. The quantitative estimate of drug-likeness (QED) is 0.719. The van der Waals surface area contributed by atoms with Crippen LogP contribution in [-0.2, 0) is 9.59 Å². The Kier molecular flexibility index (Phi) is 6.14. The third-order valence-electron chi connectivity index (χ3n) is 4.09. The normalized spacial score (nSPS) is 14.4. The first kappa shape index (κ1) is 17.0. The van der Waals surface area contributed by atoms with Crippen LogP contribution in [0, 0.1) is 5.92 Å². The Bertz CT molecular complexity index is 562. The minimum atomic E-state index is -1.09. The maximum absolute atomic E-state index is 11.9. The van der Waals surface area contributed by atoms with Gasteiger partial charge in [-0.05, 0) is 36.6 Å². The second kappa shape index (κ2) is 8.31. The van der Waals surface area contributed by atoms with E-state index in [-0.39, 0.29) is 5.91 Å². The summed E-state index contributed by atoms with van der Waals surface area (Å²) in [6.45, 7) is -0.418. The van der Waals surface area contributed by atoms with Gasteiger partial charge in [0.2, 0.25) is 5.91 Å². The highest BCUT2D eigenvalue weighted by Crippen LogP contribution is 2.28. The van der Waals surface area contributed by atoms with Crippen LogP contribution in [0.3, 0.4) is 0 Å². The van der Waals surface area contributed by atoms with Gasteiger partial charge in [-0.25, -0.2) is 0 Å². The molecule has 0 bridgehead atoms. The Hall–Kier alpha value is -2.37. The van der Waals surface area contributed by atoms with Crippen molar-refractivity contribution in [2.24, 2.45) is 5.92 Å². The zero-order valence-electron chi connectivity index (χ0n) is 13.0. The molecular formula is C17H22N2O4. The van der Waals surface area contributed by atoms with Crippen LogP contribution in [0.1, 0.15) is 48.9 Å². The Labute approximate surface area is 135 Å². The molecule has 2 amide bonds. The van der Waals surface area contributed by atoms with E-state index in [1.807, 2.05) is 0 Å². The highest BCUT2D eigenvalue weighted by atomic mass is 16.4. The number of amides is 2. The van der Waals surface area contributed by atoms with Crippen molar-refractivity contribution in [3.8, 4) is 0 Å². The molecule has 0 radical (unpaired) electrons. The smallest absolute Gasteiger partial charge is 0.322 e. The zero-order chi connectivity index (χ0) is 16.7. The number of aliphatic carboxylic acids is 1. The van der Waals surface area contributed by atoms with Crippen LogP contribution >= 0.6 is 0 Å². The van der Waals surface area contributed by atoms with E-state index in [0.717, 1.165) is 6.42 Å². The molecule has 1 aliphatic carbocycles. The molecule has 1 aromatic carbocycles. The fraction of sp³-hybridized carbons (Fsp3) is 0.471. The predicted molar refractivity (Wildman–Crippen MR) is 86.2 cm³/mol. The van der Waals surface area contributed by atoms with E-state index < -0.39 is 18.4 Å². The van der Waals surface area contributed by atoms with Crippen molar-refractivity contribution in [3.05, 3.63) is 29.8 Å². The molecule has 6 heteroatoms. The average Bonchev–Trinajstić information content (AvgIpc) is 3.05. The van der Waals surface area contributed by atoms with E-state index in [9.17, 15) is 14.4 Å². The SMILES string of the molecule is O=C(O)CNC(=O)c1ccc(NC(=O)CCC2CCCC2)cc1. The summed E-state index contributed by atoms with van der Waals surface area (Å²) in [7, 11) is 0. The van der Waals surface area contributed by atoms with Crippen molar-refractivity contribution in [1.82, 2.24) is 5.32 Å². The molecule has 124 valence electrons. The standard InChI is InChI=1S/C17H22N2O4/c20-15(10-5-12-3-1-2-4-12)19-14-8-6-13(7-9-14)17(23)18-11-16(21)22/h6-9,12H,1-5,10-11H2,(H,18,23)(H,19,20)(H,21,22). The molecule has 1 aromatic rings. The van der Waals surface area contributed by atoms with E-state index in [4.69, 9.17) is 5.11 Å². The molecular weight excluding hydrogens is 296 g/mol. The van der Waals surface area contributed by atoms with Crippen LogP contribution in [0.25, 0.3) is 0 Å². The van der Waals surface area contributed by atoms with Gasteiger partial charge in [-0.3, -0.25) is 14.4 Å². The van der Waals surface area contributed by atoms with Crippen LogP contribution in [-0.4, -0.2) is 29.4 Å². The van der Waals surface area contributed by atoms with Crippen LogP contribution in [0.2, 0.25) is 0 Å². The van der Waals surface area contributed by atoms with Gasteiger partial charge < -0.3 is 15.7 Å². The van der Waals surface area contributed by atoms with E-state index in [0.29, 0.717) is 23.6 Å². The fourth-order valence-corrected chi connectivity index (χ4v) is 2.82. The second-order valence-electron chi connectivity index (χ2n) is 5.89. The summed E-state index contributed by atoms with van der Waals surface area (Å²) in [5.41, 5.74) is 0.992. The molecule has 0 unspecified atom stereocenters. The molecule has 0 heterocycles. The number of rotatable bonds is 7. The first-order valence-corrected chi connectivity index (χ1v) is 7.94. The largest absolute Gasteiger partial charge is 0.480 e. The molecule has 0 saturated heterocycles. The second-order valence-corrected chi connectivity index (χ2v) is 5.89. The average molecular weight is 318 g/mol. The summed E-state index contributed by atoms with van der Waals surface area (Å²) in [6.07, 6.45) is 6.46. The lowest BCUT2D eigenvalue weighted by Crippen LogP contribution is -2.29. The number of carbonyl (C=O) groups is 3. The van der Waals surface area contributed by atoms with Crippen molar-refractivity contribution in [1.29, 1.82) is 0 Å². The van der Waals surface area contributed by atoms with E-state index in [1.165, 1.54) is 25.7 Å². The molecule has 6 nitrogen and oxygen atoms in total. The summed E-state index contributed by atoms with van der Waals surface area (Å²) in [6, 6.07) is 6.40. The van der Waals surface area contributed by atoms with Gasteiger partial charge in [0.15, 0.2) is 0 Å². The third-order valence-corrected chi connectivity index (χ3v) is 4.09.